The molecular weight excluding hydrogens is 373 g/mol. The molecule has 0 amide bonds. The van der Waals surface area contributed by atoms with Gasteiger partial charge in [-0.3, -0.25) is 0 Å². The maximum absolute atomic E-state index is 6.19. The Labute approximate surface area is 131 Å². The van der Waals surface area contributed by atoms with Crippen molar-refractivity contribution in [1.82, 2.24) is 0 Å². The number of halogens is 3. The Balaban J connectivity index is 1.92. The van der Waals surface area contributed by atoms with E-state index in [9.17, 15) is 0 Å². The molecule has 1 aliphatic heterocycles. The molecule has 0 bridgehead atoms. The molecule has 0 spiro atoms. The van der Waals surface area contributed by atoms with Crippen molar-refractivity contribution in [2.45, 2.75) is 6.54 Å². The summed E-state index contributed by atoms with van der Waals surface area (Å²) in [6, 6.07) is 3.49. The number of nitrogens with one attached hydrogen (secondary N) is 1. The van der Waals surface area contributed by atoms with Gasteiger partial charge in [0.25, 0.3) is 0 Å². The fourth-order valence-corrected chi connectivity index (χ4v) is 3.18. The molecule has 1 N–H and O–H groups in total. The van der Waals surface area contributed by atoms with E-state index < -0.39 is 0 Å². The molecule has 1 aromatic carbocycles. The number of hydrogen-bond acceptors (Lipinski definition) is 4. The first kappa shape index (κ1) is 13.2. The maximum atomic E-state index is 6.19. The zero-order valence-corrected chi connectivity index (χ0v) is 13.2. The average molecular weight is 379 g/mol. The molecule has 19 heavy (non-hydrogen) atoms. The van der Waals surface area contributed by atoms with Gasteiger partial charge in [0.2, 0.25) is 0 Å². The third kappa shape index (κ3) is 2.45. The smallest absolute Gasteiger partial charge is 0.136 e. The van der Waals surface area contributed by atoms with E-state index in [-0.39, 0.29) is 0 Å². The van der Waals surface area contributed by atoms with E-state index in [0.29, 0.717) is 33.7 Å². The second kappa shape index (κ2) is 5.28. The highest BCUT2D eigenvalue weighted by Crippen LogP contribution is 2.47. The second-order valence-electron chi connectivity index (χ2n) is 3.72. The molecule has 8 heteroatoms. The van der Waals surface area contributed by atoms with Crippen LogP contribution in [0.15, 0.2) is 36.0 Å². The second-order valence-corrected chi connectivity index (χ2v) is 5.92. The standard InChI is InChI=1S/C11H6BrCl2N3OS/c12-5-1-2-18-8(5)4-15-9-6(13)3-7(14)10-11(9)17-19-16-10/h1-3,15H,4H2. The van der Waals surface area contributed by atoms with Gasteiger partial charge in [0.05, 0.1) is 44.4 Å². The molecule has 1 aromatic heterocycles. The van der Waals surface area contributed by atoms with Crippen molar-refractivity contribution in [2.24, 2.45) is 8.73 Å². The van der Waals surface area contributed by atoms with Gasteiger partial charge >= 0.3 is 0 Å². The molecule has 0 unspecified atom stereocenters. The van der Waals surface area contributed by atoms with Crippen LogP contribution in [0, 0.1) is 0 Å². The van der Waals surface area contributed by atoms with Crippen molar-refractivity contribution in [2.75, 3.05) is 5.32 Å². The zero-order chi connectivity index (χ0) is 13.4. The first-order valence-electron chi connectivity index (χ1n) is 5.23. The van der Waals surface area contributed by atoms with Crippen LogP contribution >= 0.6 is 39.1 Å². The summed E-state index contributed by atoms with van der Waals surface area (Å²) in [5.74, 6) is 0.780. The van der Waals surface area contributed by atoms with Crippen molar-refractivity contribution in [1.29, 1.82) is 0 Å². The highest BCUT2D eigenvalue weighted by Gasteiger charge is 2.19. The van der Waals surface area contributed by atoms with E-state index in [0.717, 1.165) is 21.6 Å². The molecular formula is C11H6BrCl2N3OS. The molecule has 0 saturated carbocycles. The van der Waals surface area contributed by atoms with Crippen LogP contribution in [0.25, 0.3) is 0 Å². The predicted molar refractivity (Wildman–Crippen MR) is 81.7 cm³/mol. The normalized spacial score (nSPS) is 12.4. The van der Waals surface area contributed by atoms with Crippen molar-refractivity contribution in [3.05, 3.63) is 38.7 Å². The number of rotatable bonds is 3. The lowest BCUT2D eigenvalue weighted by molar-refractivity contribution is 0.516. The number of hydrogen-bond donors (Lipinski definition) is 1. The number of anilines is 1. The van der Waals surface area contributed by atoms with Crippen LogP contribution in [-0.4, -0.2) is 0 Å². The van der Waals surface area contributed by atoms with Gasteiger partial charge in [-0.05, 0) is 28.1 Å². The van der Waals surface area contributed by atoms with Crippen LogP contribution in [0.2, 0.25) is 10.0 Å². The highest BCUT2D eigenvalue weighted by molar-refractivity contribution is 9.10. The van der Waals surface area contributed by atoms with Crippen molar-refractivity contribution >= 4 is 67.5 Å². The molecule has 0 aliphatic carbocycles. The van der Waals surface area contributed by atoms with E-state index in [4.69, 9.17) is 27.6 Å². The first-order valence-corrected chi connectivity index (χ1v) is 7.50. The van der Waals surface area contributed by atoms with E-state index in [2.05, 4.69) is 30.0 Å². The molecule has 1 aliphatic rings. The van der Waals surface area contributed by atoms with Gasteiger partial charge < -0.3 is 9.73 Å². The fraction of sp³-hybridized carbons (Fsp3) is 0.0909. The van der Waals surface area contributed by atoms with E-state index in [1.54, 1.807) is 12.3 Å². The lowest BCUT2D eigenvalue weighted by Crippen LogP contribution is -1.99. The van der Waals surface area contributed by atoms with Crippen LogP contribution in [0.3, 0.4) is 0 Å². The largest absolute Gasteiger partial charge is 0.466 e. The summed E-state index contributed by atoms with van der Waals surface area (Å²) in [7, 11) is 0. The van der Waals surface area contributed by atoms with Gasteiger partial charge in [-0.1, -0.05) is 23.2 Å². The van der Waals surface area contributed by atoms with Gasteiger partial charge in [0.15, 0.2) is 0 Å². The van der Waals surface area contributed by atoms with Crippen LogP contribution in [0.1, 0.15) is 5.76 Å². The summed E-state index contributed by atoms with van der Waals surface area (Å²) in [6.45, 7) is 0.488. The van der Waals surface area contributed by atoms with Gasteiger partial charge in [0, 0.05) is 0 Å². The first-order chi connectivity index (χ1) is 9.16. The quantitative estimate of drug-likeness (QED) is 0.636. The van der Waals surface area contributed by atoms with Crippen LogP contribution in [0.5, 0.6) is 0 Å². The Morgan fingerprint density at radius 1 is 1.26 bits per heavy atom. The third-order valence-electron chi connectivity index (χ3n) is 2.56. The lowest BCUT2D eigenvalue weighted by Gasteiger charge is -2.11. The molecule has 4 nitrogen and oxygen atoms in total. The minimum Gasteiger partial charge on any atom is -0.466 e. The molecule has 2 aromatic rings. The molecule has 2 heterocycles. The minimum absolute atomic E-state index is 0.488. The molecule has 0 atom stereocenters. The summed E-state index contributed by atoms with van der Waals surface area (Å²) in [4.78, 5) is 0. The van der Waals surface area contributed by atoms with E-state index >= 15 is 0 Å². The van der Waals surface area contributed by atoms with Crippen molar-refractivity contribution in [3.63, 3.8) is 0 Å². The molecule has 3 rings (SSSR count). The lowest BCUT2D eigenvalue weighted by atomic mass is 10.2. The summed E-state index contributed by atoms with van der Waals surface area (Å²) in [6.07, 6.45) is 1.62. The van der Waals surface area contributed by atoms with Gasteiger partial charge in [-0.25, -0.2) is 0 Å². The number of nitrogens with zero attached hydrogens (tertiary/aromatic N) is 2. The maximum Gasteiger partial charge on any atom is 0.136 e. The van der Waals surface area contributed by atoms with Gasteiger partial charge in [-0.15, -0.1) is 0 Å². The Morgan fingerprint density at radius 3 is 2.79 bits per heavy atom. The monoisotopic (exact) mass is 377 g/mol. The van der Waals surface area contributed by atoms with Crippen LogP contribution in [0.4, 0.5) is 17.1 Å². The predicted octanol–water partition coefficient (Wildman–Crippen LogP) is 5.69. The Bertz CT molecular complexity index is 725. The Kier molecular flexibility index (Phi) is 3.66. The summed E-state index contributed by atoms with van der Waals surface area (Å²) < 4.78 is 14.6. The van der Waals surface area contributed by atoms with Crippen LogP contribution in [-0.2, 0) is 17.9 Å². The Morgan fingerprint density at radius 2 is 2.05 bits per heavy atom. The summed E-state index contributed by atoms with van der Waals surface area (Å²) >= 11 is 16.8. The summed E-state index contributed by atoms with van der Waals surface area (Å²) in [5, 5.41) is 4.21. The average Bonchev–Trinajstić information content (AvgIpc) is 2.98. The number of benzene rings is 1. The van der Waals surface area contributed by atoms with E-state index in [1.165, 1.54) is 0 Å². The Hall–Kier alpha value is -0.820. The molecule has 98 valence electrons. The minimum atomic E-state index is 0.488. The highest BCUT2D eigenvalue weighted by atomic mass is 79.9. The fourth-order valence-electron chi connectivity index (χ4n) is 1.66. The van der Waals surface area contributed by atoms with Crippen LogP contribution < -0.4 is 5.32 Å². The molecule has 0 fully saturated rings. The van der Waals surface area contributed by atoms with E-state index in [1.807, 2.05) is 6.07 Å². The zero-order valence-electron chi connectivity index (χ0n) is 9.28. The van der Waals surface area contributed by atoms with Crippen molar-refractivity contribution in [3.8, 4) is 0 Å². The van der Waals surface area contributed by atoms with Gasteiger partial charge in [0.1, 0.15) is 17.1 Å². The molecule has 0 saturated heterocycles. The number of fused-ring (bicyclic) bond motifs is 1. The van der Waals surface area contributed by atoms with Gasteiger partial charge in [-0.2, -0.15) is 8.73 Å². The topological polar surface area (TPSA) is 49.9 Å². The third-order valence-corrected chi connectivity index (χ3v) is 4.38. The summed E-state index contributed by atoms with van der Waals surface area (Å²) in [5.41, 5.74) is 2.03. The van der Waals surface area contributed by atoms with Crippen molar-refractivity contribution < 1.29 is 4.42 Å². The number of furan rings is 1. The molecule has 0 radical (unpaired) electrons. The SMILES string of the molecule is Clc1cc(Cl)c(NCc2occc2Br)c2c1N=S=N2.